The molecule has 112 valence electrons. The van der Waals surface area contributed by atoms with Crippen LogP contribution in [0.2, 0.25) is 15.1 Å². The quantitative estimate of drug-likeness (QED) is 0.809. The van der Waals surface area contributed by atoms with Crippen molar-refractivity contribution in [1.82, 2.24) is 5.32 Å². The first-order chi connectivity index (χ1) is 10.0. The molecule has 2 rings (SSSR count). The predicted molar refractivity (Wildman–Crippen MR) is 90.0 cm³/mol. The van der Waals surface area contributed by atoms with Gasteiger partial charge in [-0.3, -0.25) is 0 Å². The lowest BCUT2D eigenvalue weighted by Crippen LogP contribution is -2.19. The summed E-state index contributed by atoms with van der Waals surface area (Å²) < 4.78 is 5.42. The van der Waals surface area contributed by atoms with Gasteiger partial charge in [0, 0.05) is 26.7 Å². The molecule has 5 heteroatoms. The van der Waals surface area contributed by atoms with Crippen LogP contribution in [0.15, 0.2) is 36.4 Å². The van der Waals surface area contributed by atoms with Gasteiger partial charge < -0.3 is 10.1 Å². The average Bonchev–Trinajstić information content (AvgIpc) is 2.46. The zero-order chi connectivity index (χ0) is 15.4. The van der Waals surface area contributed by atoms with Crippen molar-refractivity contribution < 1.29 is 4.74 Å². The van der Waals surface area contributed by atoms with Gasteiger partial charge in [0.1, 0.15) is 5.75 Å². The van der Waals surface area contributed by atoms with E-state index in [2.05, 4.69) is 5.32 Å². The van der Waals surface area contributed by atoms with E-state index in [0.717, 1.165) is 16.9 Å². The summed E-state index contributed by atoms with van der Waals surface area (Å²) in [6.07, 6.45) is 0.712. The Morgan fingerprint density at radius 2 is 1.71 bits per heavy atom. The Hall–Kier alpha value is -0.930. The van der Waals surface area contributed by atoms with Crippen molar-refractivity contribution in [2.45, 2.75) is 12.5 Å². The van der Waals surface area contributed by atoms with Crippen molar-refractivity contribution in [3.8, 4) is 5.75 Å². The largest absolute Gasteiger partial charge is 0.496 e. The molecule has 2 aromatic rings. The molecule has 0 fully saturated rings. The molecule has 21 heavy (non-hydrogen) atoms. The number of rotatable bonds is 5. The summed E-state index contributed by atoms with van der Waals surface area (Å²) in [6, 6.07) is 11.2. The maximum absolute atomic E-state index is 6.25. The Labute approximate surface area is 140 Å². The number of likely N-dealkylation sites (N-methyl/N-ethyl adjacent to an activating group) is 1. The van der Waals surface area contributed by atoms with Gasteiger partial charge in [-0.1, -0.05) is 40.9 Å². The zero-order valence-electron chi connectivity index (χ0n) is 11.8. The molecule has 1 unspecified atom stereocenters. The number of hydrogen-bond acceptors (Lipinski definition) is 2. The molecule has 0 aliphatic rings. The Balaban J connectivity index is 2.34. The van der Waals surface area contributed by atoms with Gasteiger partial charge in [-0.15, -0.1) is 0 Å². The second kappa shape index (κ2) is 7.37. The minimum Gasteiger partial charge on any atom is -0.496 e. The highest BCUT2D eigenvalue weighted by molar-refractivity contribution is 6.35. The van der Waals surface area contributed by atoms with Gasteiger partial charge >= 0.3 is 0 Å². The van der Waals surface area contributed by atoms with Crippen molar-refractivity contribution in [2.24, 2.45) is 0 Å². The molecular weight excluding hydrogens is 329 g/mol. The van der Waals surface area contributed by atoms with Crippen molar-refractivity contribution >= 4 is 34.8 Å². The van der Waals surface area contributed by atoms with E-state index in [1.54, 1.807) is 13.2 Å². The molecule has 0 aliphatic heterocycles. The standard InChI is InChI=1S/C16H16Cl3NO/c1-20-15(7-10-3-4-12(18)9-14(10)19)13-8-11(17)5-6-16(13)21-2/h3-6,8-9,15,20H,7H2,1-2H3. The topological polar surface area (TPSA) is 21.3 Å². The van der Waals surface area contributed by atoms with Gasteiger partial charge in [0.15, 0.2) is 0 Å². The van der Waals surface area contributed by atoms with E-state index in [4.69, 9.17) is 39.5 Å². The normalized spacial score (nSPS) is 12.2. The number of benzene rings is 2. The Morgan fingerprint density at radius 1 is 1.05 bits per heavy atom. The van der Waals surface area contributed by atoms with Gasteiger partial charge in [0.25, 0.3) is 0 Å². The van der Waals surface area contributed by atoms with Crippen LogP contribution in [0, 0.1) is 0 Å². The SMILES string of the molecule is CNC(Cc1ccc(Cl)cc1Cl)c1cc(Cl)ccc1OC. The van der Waals surface area contributed by atoms with Crippen LogP contribution in [0.25, 0.3) is 0 Å². The van der Waals surface area contributed by atoms with E-state index >= 15 is 0 Å². The third-order valence-electron chi connectivity index (χ3n) is 3.35. The van der Waals surface area contributed by atoms with Gasteiger partial charge in [0.2, 0.25) is 0 Å². The molecule has 0 saturated carbocycles. The number of hydrogen-bond donors (Lipinski definition) is 1. The predicted octanol–water partition coefficient (Wildman–Crippen LogP) is 5.16. The van der Waals surface area contributed by atoms with E-state index in [1.165, 1.54) is 0 Å². The monoisotopic (exact) mass is 343 g/mol. The average molecular weight is 345 g/mol. The van der Waals surface area contributed by atoms with Crippen molar-refractivity contribution in [2.75, 3.05) is 14.2 Å². The molecule has 0 aromatic heterocycles. The van der Waals surface area contributed by atoms with Crippen LogP contribution < -0.4 is 10.1 Å². The summed E-state index contributed by atoms with van der Waals surface area (Å²) in [5.74, 6) is 0.795. The van der Waals surface area contributed by atoms with Crippen LogP contribution in [0.5, 0.6) is 5.75 Å². The molecule has 0 amide bonds. The zero-order valence-corrected chi connectivity index (χ0v) is 14.1. The van der Waals surface area contributed by atoms with E-state index in [1.807, 2.05) is 37.4 Å². The third-order valence-corrected chi connectivity index (χ3v) is 4.18. The molecule has 2 aromatic carbocycles. The van der Waals surface area contributed by atoms with Crippen LogP contribution in [0.3, 0.4) is 0 Å². The van der Waals surface area contributed by atoms with Gasteiger partial charge in [-0.2, -0.15) is 0 Å². The summed E-state index contributed by atoms with van der Waals surface area (Å²) >= 11 is 18.3. The lowest BCUT2D eigenvalue weighted by Gasteiger charge is -2.20. The smallest absolute Gasteiger partial charge is 0.123 e. The van der Waals surface area contributed by atoms with Crippen LogP contribution in [0.1, 0.15) is 17.2 Å². The molecular formula is C16H16Cl3NO. The van der Waals surface area contributed by atoms with Crippen LogP contribution in [0.4, 0.5) is 0 Å². The third kappa shape index (κ3) is 4.04. The van der Waals surface area contributed by atoms with Gasteiger partial charge in [0.05, 0.1) is 7.11 Å². The minimum absolute atomic E-state index is 0.0392. The first kappa shape index (κ1) is 16.4. The minimum atomic E-state index is 0.0392. The summed E-state index contributed by atoms with van der Waals surface area (Å²) in [5, 5.41) is 5.24. The van der Waals surface area contributed by atoms with Crippen molar-refractivity contribution in [1.29, 1.82) is 0 Å². The molecule has 0 heterocycles. The maximum Gasteiger partial charge on any atom is 0.123 e. The second-order valence-corrected chi connectivity index (χ2v) is 5.95. The number of methoxy groups -OCH3 is 1. The van der Waals surface area contributed by atoms with Crippen LogP contribution in [-0.2, 0) is 6.42 Å². The summed E-state index contributed by atoms with van der Waals surface area (Å²) in [6.45, 7) is 0. The van der Waals surface area contributed by atoms with E-state index in [0.29, 0.717) is 21.5 Å². The van der Waals surface area contributed by atoms with Gasteiger partial charge in [-0.25, -0.2) is 0 Å². The summed E-state index contributed by atoms with van der Waals surface area (Å²) in [4.78, 5) is 0. The molecule has 1 atom stereocenters. The summed E-state index contributed by atoms with van der Waals surface area (Å²) in [7, 11) is 3.55. The first-order valence-corrected chi connectivity index (χ1v) is 7.63. The van der Waals surface area contributed by atoms with E-state index in [9.17, 15) is 0 Å². The Bertz CT molecular complexity index is 631. The van der Waals surface area contributed by atoms with Gasteiger partial charge in [-0.05, 0) is 49.4 Å². The molecule has 0 spiro atoms. The highest BCUT2D eigenvalue weighted by atomic mass is 35.5. The van der Waals surface area contributed by atoms with E-state index in [-0.39, 0.29) is 6.04 Å². The van der Waals surface area contributed by atoms with Crippen molar-refractivity contribution in [3.05, 3.63) is 62.6 Å². The fourth-order valence-electron chi connectivity index (χ4n) is 2.25. The maximum atomic E-state index is 6.25. The molecule has 2 nitrogen and oxygen atoms in total. The number of ether oxygens (including phenoxy) is 1. The van der Waals surface area contributed by atoms with E-state index < -0.39 is 0 Å². The molecule has 0 saturated heterocycles. The summed E-state index contributed by atoms with van der Waals surface area (Å²) in [5.41, 5.74) is 2.01. The molecule has 0 aliphatic carbocycles. The highest BCUT2D eigenvalue weighted by Gasteiger charge is 2.17. The molecule has 0 bridgehead atoms. The van der Waals surface area contributed by atoms with Crippen LogP contribution in [-0.4, -0.2) is 14.2 Å². The van der Waals surface area contributed by atoms with Crippen LogP contribution >= 0.6 is 34.8 Å². The second-order valence-electron chi connectivity index (χ2n) is 4.67. The fourth-order valence-corrected chi connectivity index (χ4v) is 2.92. The Kier molecular flexibility index (Phi) is 5.77. The first-order valence-electron chi connectivity index (χ1n) is 6.49. The molecule has 1 N–H and O–H groups in total. The number of halogens is 3. The Morgan fingerprint density at radius 3 is 2.33 bits per heavy atom. The lowest BCUT2D eigenvalue weighted by atomic mass is 9.98. The lowest BCUT2D eigenvalue weighted by molar-refractivity contribution is 0.401. The number of nitrogens with one attached hydrogen (secondary N) is 1. The highest BCUT2D eigenvalue weighted by Crippen LogP contribution is 2.32. The fraction of sp³-hybridized carbons (Fsp3) is 0.250. The molecule has 0 radical (unpaired) electrons. The van der Waals surface area contributed by atoms with Crippen molar-refractivity contribution in [3.63, 3.8) is 0 Å².